The number of allylic oxidation sites excluding steroid dienone is 4. The fourth-order valence-corrected chi connectivity index (χ4v) is 10.2. The fraction of sp³-hybridized carbons (Fsp3) is 0.357. The van der Waals surface area contributed by atoms with Gasteiger partial charge in [0, 0.05) is 105 Å². The topological polar surface area (TPSA) is 253 Å². The van der Waals surface area contributed by atoms with Crippen molar-refractivity contribution in [3.63, 3.8) is 0 Å². The summed E-state index contributed by atoms with van der Waals surface area (Å²) in [5.74, 6) is -7.65. The van der Waals surface area contributed by atoms with E-state index < -0.39 is 80.0 Å². The Balaban J connectivity index is 0.000000213. The number of carbonyl (C=O) groups excluding carboxylic acids is 3. The number of non-ortho nitro benzene ring substituents is 2. The number of ether oxygens (including phenoxy) is 3. The number of nitro groups is 2. The number of halogens is 4. The van der Waals surface area contributed by atoms with Crippen LogP contribution >= 0.6 is 0 Å². The summed E-state index contributed by atoms with van der Waals surface area (Å²) in [6.07, 6.45) is 1.17. The molecule has 0 aliphatic carbocycles. The fourth-order valence-electron chi connectivity index (χ4n) is 10.2. The number of rotatable bonds is 13. The summed E-state index contributed by atoms with van der Waals surface area (Å²) in [5.41, 5.74) is 1.83. The van der Waals surface area contributed by atoms with Gasteiger partial charge in [0.15, 0.2) is 0 Å². The summed E-state index contributed by atoms with van der Waals surface area (Å²) in [5, 5.41) is 47.7. The average Bonchev–Trinajstić information content (AvgIpc) is 4.08. The zero-order valence-corrected chi connectivity index (χ0v) is 44.6. The summed E-state index contributed by atoms with van der Waals surface area (Å²) in [7, 11) is 2.41. The van der Waals surface area contributed by atoms with Crippen molar-refractivity contribution in [3.8, 4) is 0 Å². The lowest BCUT2D eigenvalue weighted by Gasteiger charge is -2.32. The molecule has 4 aromatic rings. The van der Waals surface area contributed by atoms with Crippen molar-refractivity contribution in [2.45, 2.75) is 90.5 Å². The molecule has 4 heterocycles. The number of carbonyl (C=O) groups is 4. The van der Waals surface area contributed by atoms with Gasteiger partial charge in [-0.15, -0.1) is 0 Å². The highest BCUT2D eigenvalue weighted by molar-refractivity contribution is 6.00. The van der Waals surface area contributed by atoms with Crippen molar-refractivity contribution in [1.29, 1.82) is 0 Å². The molecule has 0 radical (unpaired) electrons. The Morgan fingerprint density at radius 1 is 0.608 bits per heavy atom. The van der Waals surface area contributed by atoms with Gasteiger partial charge in [0.25, 0.3) is 11.4 Å². The summed E-state index contributed by atoms with van der Waals surface area (Å²) in [6.45, 7) is 13.0. The maximum Gasteiger partial charge on any atom is 0.337 e. The molecule has 19 nitrogen and oxygen atoms in total. The van der Waals surface area contributed by atoms with E-state index in [1.54, 1.807) is 53.7 Å². The number of carboxylic acids is 1. The van der Waals surface area contributed by atoms with Gasteiger partial charge < -0.3 is 35.1 Å². The summed E-state index contributed by atoms with van der Waals surface area (Å²) in [4.78, 5) is 75.8. The number of methoxy groups -OCH3 is 2. The van der Waals surface area contributed by atoms with Crippen LogP contribution in [0.4, 0.5) is 28.9 Å². The first kappa shape index (κ1) is 60.0. The Bertz CT molecular complexity index is 3170. The van der Waals surface area contributed by atoms with E-state index in [1.807, 2.05) is 9.80 Å². The van der Waals surface area contributed by atoms with E-state index in [9.17, 15) is 67.2 Å². The second kappa shape index (κ2) is 25.0. The van der Waals surface area contributed by atoms with E-state index in [0.29, 0.717) is 84.1 Å². The van der Waals surface area contributed by atoms with Gasteiger partial charge in [-0.25, -0.2) is 36.7 Å². The van der Waals surface area contributed by atoms with E-state index in [0.717, 1.165) is 18.7 Å². The van der Waals surface area contributed by atoms with Crippen molar-refractivity contribution in [2.75, 3.05) is 40.4 Å². The molecule has 4 atom stereocenters. The number of likely N-dealkylation sites (tertiary alicyclic amines) is 2. The van der Waals surface area contributed by atoms with Crippen molar-refractivity contribution >= 4 is 35.3 Å². The number of benzene rings is 4. The normalized spacial score (nSPS) is 21.2. The minimum atomic E-state index is -1.22. The van der Waals surface area contributed by atoms with Crippen molar-refractivity contribution in [2.24, 2.45) is 0 Å². The number of hydrogen-bond acceptors (Lipinski definition) is 16. The highest BCUT2D eigenvalue weighted by atomic mass is 19.1. The predicted molar refractivity (Wildman–Crippen MR) is 278 cm³/mol. The van der Waals surface area contributed by atoms with Gasteiger partial charge in [-0.3, -0.25) is 30.0 Å². The smallest absolute Gasteiger partial charge is 0.337 e. The van der Waals surface area contributed by atoms with Crippen LogP contribution in [0.1, 0.15) is 88.5 Å². The molecule has 0 saturated carbocycles. The van der Waals surface area contributed by atoms with Gasteiger partial charge in [0.05, 0.1) is 63.8 Å². The number of carboxylic acid groups (broad SMARTS) is 1. The molecule has 79 heavy (non-hydrogen) atoms. The number of nitrogens with one attached hydrogen (secondary N) is 2. The van der Waals surface area contributed by atoms with Crippen molar-refractivity contribution in [1.82, 2.24) is 20.4 Å². The van der Waals surface area contributed by atoms with Crippen molar-refractivity contribution < 1.29 is 71.0 Å². The Kier molecular flexibility index (Phi) is 19.0. The molecule has 4 aliphatic rings. The highest BCUT2D eigenvalue weighted by Crippen LogP contribution is 2.42. The van der Waals surface area contributed by atoms with Crippen LogP contribution in [-0.2, 0) is 46.5 Å². The lowest BCUT2D eigenvalue weighted by Crippen LogP contribution is -2.39. The maximum absolute atomic E-state index is 13.7. The zero-order chi connectivity index (χ0) is 58.3. The molecule has 2 unspecified atom stereocenters. The molecular formula is C56H60F4N6O13. The molecule has 8 rings (SSSR count). The molecule has 420 valence electrons. The zero-order valence-electron chi connectivity index (χ0n) is 44.6. The maximum atomic E-state index is 13.7. The molecule has 2 fully saturated rings. The number of β-amino-alcohol motifs (C(OH)–C–C–N with tert-alkyl or cyclic N) is 1. The second-order valence-electron chi connectivity index (χ2n) is 20.1. The average molecular weight is 1100 g/mol. The van der Waals surface area contributed by atoms with Crippen LogP contribution in [0.5, 0.6) is 0 Å². The molecule has 0 spiro atoms. The lowest BCUT2D eigenvalue weighted by atomic mass is 9.80. The van der Waals surface area contributed by atoms with Crippen LogP contribution in [0.2, 0.25) is 0 Å². The molecule has 2 saturated heterocycles. The molecule has 0 aromatic heterocycles. The van der Waals surface area contributed by atoms with E-state index in [2.05, 4.69) is 10.6 Å². The quantitative estimate of drug-likeness (QED) is 0.0322. The Morgan fingerprint density at radius 3 is 1.37 bits per heavy atom. The van der Waals surface area contributed by atoms with E-state index in [4.69, 9.17) is 14.2 Å². The van der Waals surface area contributed by atoms with Crippen LogP contribution in [0.25, 0.3) is 0 Å². The standard InChI is InChI=1S/C28H29F2N3O6.C16H16N2O6.C12H15F2NO/c1-16-23(26(34)38-4)25(19-6-5-7-22(12-19)33(36)37)24(17(2)31-16)27(35)39-28(3)8-9-32(15-28)14-18-10-20(29)13-21(30)11-18;1-8-12(15(19)20)14(13(9(2)17-8)16(21)24-3)10-5-4-6-11(7-10)18(22)23;1-12(16)2-3-15(8-12)7-9-4-10(13)6-11(14)5-9/h5-7,10-13,25,31H,8-9,14-15H2,1-4H3;4-7,14,17H,1-3H3,(H,19,20);4-6,16H,2-3,7-8H2,1H3/t25-,28?;14-;/m01./s1. The first-order chi connectivity index (χ1) is 37.1. The van der Waals surface area contributed by atoms with Gasteiger partial charge in [0.1, 0.15) is 28.9 Å². The van der Waals surface area contributed by atoms with Crippen LogP contribution in [0, 0.1) is 43.5 Å². The Morgan fingerprint density at radius 2 is 0.987 bits per heavy atom. The van der Waals surface area contributed by atoms with Gasteiger partial charge in [-0.2, -0.15) is 0 Å². The van der Waals surface area contributed by atoms with E-state index >= 15 is 0 Å². The predicted octanol–water partition coefficient (Wildman–Crippen LogP) is 8.50. The number of nitrogens with zero attached hydrogens (tertiary/aromatic N) is 4. The van der Waals surface area contributed by atoms with Gasteiger partial charge in [-0.05, 0) is 94.5 Å². The minimum absolute atomic E-state index is 0.0542. The van der Waals surface area contributed by atoms with Gasteiger partial charge >= 0.3 is 23.9 Å². The largest absolute Gasteiger partial charge is 0.478 e. The Labute approximate surface area is 452 Å². The molecule has 0 amide bonds. The van der Waals surface area contributed by atoms with Crippen LogP contribution in [0.3, 0.4) is 0 Å². The third-order valence-corrected chi connectivity index (χ3v) is 13.7. The summed E-state index contributed by atoms with van der Waals surface area (Å²) in [6, 6.07) is 18.2. The molecule has 4 N–H and O–H groups in total. The number of aliphatic hydroxyl groups is 1. The van der Waals surface area contributed by atoms with Crippen LogP contribution < -0.4 is 10.6 Å². The molecular weight excluding hydrogens is 1040 g/mol. The molecule has 4 aromatic carbocycles. The number of esters is 3. The Hall–Kier alpha value is -8.28. The van der Waals surface area contributed by atoms with Gasteiger partial charge in [-0.1, -0.05) is 24.3 Å². The third-order valence-electron chi connectivity index (χ3n) is 13.7. The third kappa shape index (κ3) is 14.9. The molecule has 4 aliphatic heterocycles. The molecule has 23 heteroatoms. The number of aliphatic carboxylic acids is 1. The minimum Gasteiger partial charge on any atom is -0.478 e. The van der Waals surface area contributed by atoms with E-state index in [-0.39, 0.29) is 40.2 Å². The summed E-state index contributed by atoms with van der Waals surface area (Å²) < 4.78 is 68.9. The first-order valence-electron chi connectivity index (χ1n) is 24.7. The SMILES string of the molecule is CC1(O)CCN(Cc2cc(F)cc(F)c2)C1.COC(=O)C1=C(C)NC(C)=C(C(=O)O)[C@H]1c1cccc([N+](=O)[O-])c1.COC(=O)C1=C(C)NC(C)=C(C(=O)OC2(C)CCN(Cc3cc(F)cc(F)c3)C2)[C@H]1c1cccc([N+](=O)[O-])c1. The van der Waals surface area contributed by atoms with Gasteiger partial charge in [0.2, 0.25) is 0 Å². The van der Waals surface area contributed by atoms with Crippen molar-refractivity contribution in [3.05, 3.63) is 196 Å². The number of hydrogen-bond donors (Lipinski definition) is 4. The summed E-state index contributed by atoms with van der Waals surface area (Å²) >= 11 is 0. The second-order valence-corrected chi connectivity index (χ2v) is 20.1. The molecule has 0 bridgehead atoms. The van der Waals surface area contributed by atoms with Crippen LogP contribution in [-0.4, -0.2) is 105 Å². The van der Waals surface area contributed by atoms with E-state index in [1.165, 1.54) is 74.9 Å². The monoisotopic (exact) mass is 1100 g/mol. The number of nitro benzene ring substituents is 2. The first-order valence-corrected chi connectivity index (χ1v) is 24.7. The highest BCUT2D eigenvalue weighted by Gasteiger charge is 2.43. The van der Waals surface area contributed by atoms with Crippen LogP contribution in [0.15, 0.2) is 130 Å². The lowest BCUT2D eigenvalue weighted by molar-refractivity contribution is -0.385. The number of dihydropyridines is 2.